The van der Waals surface area contributed by atoms with E-state index in [1.165, 1.54) is 0 Å². The van der Waals surface area contributed by atoms with Crippen LogP contribution in [-0.2, 0) is 6.54 Å². The fourth-order valence-electron chi connectivity index (χ4n) is 1.89. The van der Waals surface area contributed by atoms with Crippen molar-refractivity contribution < 1.29 is 4.74 Å². The minimum absolute atomic E-state index is 0.440. The van der Waals surface area contributed by atoms with Gasteiger partial charge in [-0.15, -0.1) is 0 Å². The molecule has 0 aliphatic carbocycles. The third-order valence-electron chi connectivity index (χ3n) is 2.56. The van der Waals surface area contributed by atoms with E-state index < -0.39 is 0 Å². The average molecular weight is 236 g/mol. The fraction of sp³-hybridized carbons (Fsp3) is 0.273. The summed E-state index contributed by atoms with van der Waals surface area (Å²) in [5.41, 5.74) is 1.90. The first kappa shape index (κ1) is 9.66. The molecule has 0 atom stereocenters. The molecular weight excluding hydrogens is 226 g/mol. The molecular formula is C11H10ClN3O. The average Bonchev–Trinajstić information content (AvgIpc) is 2.52. The Balaban J connectivity index is 2.24. The van der Waals surface area contributed by atoms with E-state index in [0.717, 1.165) is 29.4 Å². The van der Waals surface area contributed by atoms with Gasteiger partial charge in [0.2, 0.25) is 0 Å². The maximum atomic E-state index is 5.84. The third kappa shape index (κ3) is 1.46. The molecule has 0 saturated carbocycles. The summed E-state index contributed by atoms with van der Waals surface area (Å²) in [6.45, 7) is 3.39. The van der Waals surface area contributed by atoms with Crippen LogP contribution in [0.2, 0.25) is 5.15 Å². The van der Waals surface area contributed by atoms with Crippen molar-refractivity contribution in [3.05, 3.63) is 29.3 Å². The maximum Gasteiger partial charge on any atom is 0.145 e. The Morgan fingerprint density at radius 2 is 2.38 bits per heavy atom. The lowest BCUT2D eigenvalue weighted by Crippen LogP contribution is -2.04. The normalized spacial score (nSPS) is 13.6. The molecule has 2 aromatic rings. The van der Waals surface area contributed by atoms with Gasteiger partial charge >= 0.3 is 0 Å². The van der Waals surface area contributed by atoms with Crippen molar-refractivity contribution in [1.82, 2.24) is 14.5 Å². The standard InChI is InChI=1S/C11H10ClN3O/c1-7-6-15-2-3-16-9-4-10(12)13-5-8(9)11(15)14-7/h4-6H,2-3H2,1H3. The molecule has 0 bridgehead atoms. The van der Waals surface area contributed by atoms with Crippen LogP contribution >= 0.6 is 11.6 Å². The smallest absolute Gasteiger partial charge is 0.145 e. The number of aryl methyl sites for hydroxylation is 1. The summed E-state index contributed by atoms with van der Waals surface area (Å²) in [5.74, 6) is 1.65. The molecule has 5 heteroatoms. The number of nitrogens with zero attached hydrogens (tertiary/aromatic N) is 3. The van der Waals surface area contributed by atoms with Gasteiger partial charge in [0.05, 0.1) is 17.8 Å². The highest BCUT2D eigenvalue weighted by Crippen LogP contribution is 2.32. The van der Waals surface area contributed by atoms with Crippen molar-refractivity contribution in [3.63, 3.8) is 0 Å². The van der Waals surface area contributed by atoms with Crippen LogP contribution in [0, 0.1) is 6.92 Å². The zero-order chi connectivity index (χ0) is 11.1. The van der Waals surface area contributed by atoms with Gasteiger partial charge in [-0.1, -0.05) is 11.6 Å². The van der Waals surface area contributed by atoms with Gasteiger partial charge < -0.3 is 9.30 Å². The lowest BCUT2D eigenvalue weighted by Gasteiger charge is -2.05. The lowest BCUT2D eigenvalue weighted by molar-refractivity contribution is 0.306. The molecule has 4 nitrogen and oxygen atoms in total. The number of fused-ring (bicyclic) bond motifs is 3. The number of rotatable bonds is 0. The first-order valence-electron chi connectivity index (χ1n) is 5.06. The summed E-state index contributed by atoms with van der Waals surface area (Å²) in [7, 11) is 0. The van der Waals surface area contributed by atoms with Crippen molar-refractivity contribution in [1.29, 1.82) is 0 Å². The summed E-state index contributed by atoms with van der Waals surface area (Å²) in [5, 5.41) is 0.440. The monoisotopic (exact) mass is 235 g/mol. The van der Waals surface area contributed by atoms with Gasteiger partial charge in [0.1, 0.15) is 23.3 Å². The maximum absolute atomic E-state index is 5.84. The topological polar surface area (TPSA) is 39.9 Å². The minimum atomic E-state index is 0.440. The molecule has 3 rings (SSSR count). The minimum Gasteiger partial charge on any atom is -0.491 e. The van der Waals surface area contributed by atoms with Gasteiger partial charge in [-0.3, -0.25) is 0 Å². The number of halogens is 1. The Bertz CT molecular complexity index is 550. The van der Waals surface area contributed by atoms with Gasteiger partial charge in [0.15, 0.2) is 0 Å². The number of imidazole rings is 1. The number of aromatic nitrogens is 3. The highest BCUT2D eigenvalue weighted by Gasteiger charge is 2.17. The van der Waals surface area contributed by atoms with Crippen LogP contribution in [0.4, 0.5) is 0 Å². The number of ether oxygens (including phenoxy) is 1. The Morgan fingerprint density at radius 3 is 3.25 bits per heavy atom. The Morgan fingerprint density at radius 1 is 1.50 bits per heavy atom. The van der Waals surface area contributed by atoms with E-state index in [4.69, 9.17) is 16.3 Å². The van der Waals surface area contributed by atoms with Crippen LogP contribution in [0.1, 0.15) is 5.69 Å². The molecule has 1 aliphatic rings. The van der Waals surface area contributed by atoms with Crippen molar-refractivity contribution in [2.75, 3.05) is 6.61 Å². The first-order valence-corrected chi connectivity index (χ1v) is 5.44. The molecule has 0 spiro atoms. The zero-order valence-corrected chi connectivity index (χ0v) is 9.53. The molecule has 0 aromatic carbocycles. The second kappa shape index (κ2) is 3.49. The molecule has 0 N–H and O–H groups in total. The Kier molecular flexibility index (Phi) is 2.11. The third-order valence-corrected chi connectivity index (χ3v) is 2.77. The van der Waals surface area contributed by atoms with E-state index in [9.17, 15) is 0 Å². The molecule has 0 saturated heterocycles. The summed E-state index contributed by atoms with van der Waals surface area (Å²) in [6.07, 6.45) is 3.73. The second-order valence-electron chi connectivity index (χ2n) is 3.75. The highest BCUT2D eigenvalue weighted by atomic mass is 35.5. The number of hydrogen-bond donors (Lipinski definition) is 0. The highest BCUT2D eigenvalue weighted by molar-refractivity contribution is 6.29. The summed E-state index contributed by atoms with van der Waals surface area (Å²) >= 11 is 5.84. The SMILES string of the molecule is Cc1cn2c(n1)-c1cnc(Cl)cc1OCC2. The number of pyridine rings is 1. The van der Waals surface area contributed by atoms with E-state index in [-0.39, 0.29) is 0 Å². The van der Waals surface area contributed by atoms with Gasteiger partial charge in [-0.05, 0) is 6.92 Å². The summed E-state index contributed by atoms with van der Waals surface area (Å²) in [4.78, 5) is 8.56. The molecule has 0 unspecified atom stereocenters. The zero-order valence-electron chi connectivity index (χ0n) is 8.77. The molecule has 1 aliphatic heterocycles. The van der Waals surface area contributed by atoms with Crippen molar-refractivity contribution in [2.24, 2.45) is 0 Å². The molecule has 82 valence electrons. The van der Waals surface area contributed by atoms with E-state index in [0.29, 0.717) is 11.8 Å². The quantitative estimate of drug-likeness (QED) is 0.658. The van der Waals surface area contributed by atoms with Crippen LogP contribution in [0.3, 0.4) is 0 Å². The predicted molar refractivity (Wildman–Crippen MR) is 60.7 cm³/mol. The summed E-state index contributed by atoms with van der Waals surface area (Å²) in [6, 6.07) is 1.73. The van der Waals surface area contributed by atoms with E-state index in [1.807, 2.05) is 13.1 Å². The van der Waals surface area contributed by atoms with Crippen molar-refractivity contribution in [2.45, 2.75) is 13.5 Å². The first-order chi connectivity index (χ1) is 7.74. The molecule has 16 heavy (non-hydrogen) atoms. The summed E-state index contributed by atoms with van der Waals surface area (Å²) < 4.78 is 7.70. The van der Waals surface area contributed by atoms with Crippen LogP contribution in [0.15, 0.2) is 18.5 Å². The Hall–Kier alpha value is -1.55. The van der Waals surface area contributed by atoms with Crippen LogP contribution in [0.25, 0.3) is 11.4 Å². The lowest BCUT2D eigenvalue weighted by atomic mass is 10.2. The van der Waals surface area contributed by atoms with Gasteiger partial charge in [0.25, 0.3) is 0 Å². The van der Waals surface area contributed by atoms with Gasteiger partial charge in [-0.2, -0.15) is 0 Å². The largest absolute Gasteiger partial charge is 0.491 e. The van der Waals surface area contributed by atoms with E-state index >= 15 is 0 Å². The molecule has 0 radical (unpaired) electrons. The van der Waals surface area contributed by atoms with Gasteiger partial charge in [0, 0.05) is 18.5 Å². The molecule has 0 fully saturated rings. The van der Waals surface area contributed by atoms with Crippen LogP contribution in [-0.4, -0.2) is 21.1 Å². The van der Waals surface area contributed by atoms with Gasteiger partial charge in [-0.25, -0.2) is 9.97 Å². The predicted octanol–water partition coefficient (Wildman–Crippen LogP) is 2.30. The van der Waals surface area contributed by atoms with Crippen LogP contribution < -0.4 is 4.74 Å². The van der Waals surface area contributed by atoms with Crippen molar-refractivity contribution >= 4 is 11.6 Å². The number of hydrogen-bond acceptors (Lipinski definition) is 3. The Labute approximate surface area is 97.9 Å². The van der Waals surface area contributed by atoms with E-state index in [2.05, 4.69) is 14.5 Å². The van der Waals surface area contributed by atoms with E-state index in [1.54, 1.807) is 12.3 Å². The second-order valence-corrected chi connectivity index (χ2v) is 4.14. The fourth-order valence-corrected chi connectivity index (χ4v) is 2.03. The molecule has 2 aromatic heterocycles. The molecule has 3 heterocycles. The van der Waals surface area contributed by atoms with Crippen LogP contribution in [0.5, 0.6) is 5.75 Å². The van der Waals surface area contributed by atoms with Crippen molar-refractivity contribution in [3.8, 4) is 17.1 Å². The molecule has 0 amide bonds.